The maximum atomic E-state index is 13.2. The van der Waals surface area contributed by atoms with Gasteiger partial charge >= 0.3 is 0 Å². The summed E-state index contributed by atoms with van der Waals surface area (Å²) in [5, 5.41) is 7.25. The molecule has 0 aliphatic heterocycles. The van der Waals surface area contributed by atoms with Gasteiger partial charge in [-0.1, -0.05) is 47.1 Å². The molecule has 2 heterocycles. The normalized spacial score (nSPS) is 10.9. The summed E-state index contributed by atoms with van der Waals surface area (Å²) in [5.74, 6) is -0.898. The highest BCUT2D eigenvalue weighted by Crippen LogP contribution is 2.29. The number of carbonyl (C=O) groups is 1. The summed E-state index contributed by atoms with van der Waals surface area (Å²) in [5.41, 5.74) is 2.88. The minimum absolute atomic E-state index is 0.110. The van der Waals surface area contributed by atoms with Crippen LogP contribution in [-0.2, 0) is 0 Å². The highest BCUT2D eigenvalue weighted by atomic mass is 35.5. The molecule has 0 aliphatic carbocycles. The predicted octanol–water partition coefficient (Wildman–Crippen LogP) is 5.24. The van der Waals surface area contributed by atoms with Crippen LogP contribution >= 0.6 is 11.6 Å². The van der Waals surface area contributed by atoms with Gasteiger partial charge in [-0.05, 0) is 31.2 Å². The van der Waals surface area contributed by atoms with Crippen molar-refractivity contribution >= 4 is 34.3 Å². The van der Waals surface area contributed by atoms with Crippen LogP contribution < -0.4 is 5.32 Å². The van der Waals surface area contributed by atoms with Crippen molar-refractivity contribution in [2.45, 2.75) is 6.92 Å². The van der Waals surface area contributed by atoms with Crippen molar-refractivity contribution in [3.8, 4) is 11.3 Å². The zero-order chi connectivity index (χ0) is 19.0. The van der Waals surface area contributed by atoms with Gasteiger partial charge in [-0.3, -0.25) is 4.79 Å². The van der Waals surface area contributed by atoms with Crippen LogP contribution in [0.25, 0.3) is 22.4 Å². The molecule has 4 aromatic rings. The number of rotatable bonds is 3. The summed E-state index contributed by atoms with van der Waals surface area (Å²) < 4.78 is 18.5. The maximum Gasteiger partial charge on any atom is 0.259 e. The van der Waals surface area contributed by atoms with Crippen molar-refractivity contribution in [1.82, 2.24) is 10.1 Å². The molecule has 5 nitrogen and oxygen atoms in total. The number of amides is 1. The Morgan fingerprint density at radius 1 is 1.15 bits per heavy atom. The molecule has 2 aromatic heterocycles. The molecule has 0 radical (unpaired) electrons. The fourth-order valence-electron chi connectivity index (χ4n) is 2.81. The lowest BCUT2D eigenvalue weighted by Crippen LogP contribution is -2.13. The Hall–Kier alpha value is -3.25. The van der Waals surface area contributed by atoms with Gasteiger partial charge in [0, 0.05) is 5.56 Å². The van der Waals surface area contributed by atoms with Crippen molar-refractivity contribution < 1.29 is 13.7 Å². The molecule has 1 N–H and O–H groups in total. The summed E-state index contributed by atoms with van der Waals surface area (Å²) in [6.07, 6.45) is 0. The SMILES string of the molecule is Cc1noc2nc(-c3ccccc3)cc(C(=O)Nc3ccc(F)cc3Cl)c12. The Balaban J connectivity index is 1.81. The molecule has 0 spiro atoms. The lowest BCUT2D eigenvalue weighted by Gasteiger charge is -2.09. The van der Waals surface area contributed by atoms with Crippen LogP contribution in [0, 0.1) is 12.7 Å². The molecule has 4 rings (SSSR count). The van der Waals surface area contributed by atoms with Crippen LogP contribution in [0.2, 0.25) is 5.02 Å². The molecule has 0 bridgehead atoms. The van der Waals surface area contributed by atoms with E-state index in [0.29, 0.717) is 28.0 Å². The van der Waals surface area contributed by atoms with Crippen LogP contribution in [0.15, 0.2) is 59.1 Å². The van der Waals surface area contributed by atoms with E-state index in [9.17, 15) is 9.18 Å². The second kappa shape index (κ2) is 6.81. The first-order valence-corrected chi connectivity index (χ1v) is 8.49. The topological polar surface area (TPSA) is 68.0 Å². The molecule has 0 aliphatic rings. The maximum absolute atomic E-state index is 13.2. The molecule has 27 heavy (non-hydrogen) atoms. The summed E-state index contributed by atoms with van der Waals surface area (Å²) in [7, 11) is 0. The molecule has 0 atom stereocenters. The van der Waals surface area contributed by atoms with Crippen molar-refractivity contribution in [2.24, 2.45) is 0 Å². The van der Waals surface area contributed by atoms with Gasteiger partial charge in [0.05, 0.1) is 33.0 Å². The van der Waals surface area contributed by atoms with Gasteiger partial charge in [0.15, 0.2) is 0 Å². The Morgan fingerprint density at radius 2 is 1.93 bits per heavy atom. The van der Waals surface area contributed by atoms with Gasteiger partial charge in [0.25, 0.3) is 11.6 Å². The monoisotopic (exact) mass is 381 g/mol. The number of nitrogens with one attached hydrogen (secondary N) is 1. The van der Waals surface area contributed by atoms with E-state index in [1.54, 1.807) is 13.0 Å². The van der Waals surface area contributed by atoms with Crippen LogP contribution in [0.5, 0.6) is 0 Å². The minimum Gasteiger partial charge on any atom is -0.335 e. The van der Waals surface area contributed by atoms with Crippen molar-refractivity contribution in [3.05, 3.63) is 76.7 Å². The molecule has 0 saturated heterocycles. The fraction of sp³-hybridized carbons (Fsp3) is 0.0500. The second-order valence-corrected chi connectivity index (χ2v) is 6.35. The number of aromatic nitrogens is 2. The first-order chi connectivity index (χ1) is 13.0. The quantitative estimate of drug-likeness (QED) is 0.526. The molecule has 134 valence electrons. The third-order valence-corrected chi connectivity index (χ3v) is 4.42. The number of carbonyl (C=O) groups excluding carboxylic acids is 1. The number of aryl methyl sites for hydroxylation is 1. The standard InChI is InChI=1S/C20H13ClFN3O2/c1-11-18-14(19(26)23-16-8-7-13(22)9-15(16)21)10-17(24-20(18)27-25-11)12-5-3-2-4-6-12/h2-10H,1H3,(H,23,26). The van der Waals surface area contributed by atoms with E-state index in [-0.39, 0.29) is 10.7 Å². The summed E-state index contributed by atoms with van der Waals surface area (Å²) in [6.45, 7) is 1.73. The third kappa shape index (κ3) is 3.27. The Bertz CT molecular complexity index is 1160. The van der Waals surface area contributed by atoms with Gasteiger partial charge in [-0.15, -0.1) is 0 Å². The first-order valence-electron chi connectivity index (χ1n) is 8.12. The molecule has 2 aromatic carbocycles. The van der Waals surface area contributed by atoms with Crippen LogP contribution in [0.1, 0.15) is 16.1 Å². The molecule has 1 amide bonds. The number of nitrogens with zero attached hydrogens (tertiary/aromatic N) is 2. The van der Waals surface area contributed by atoms with Crippen LogP contribution in [0.4, 0.5) is 10.1 Å². The van der Waals surface area contributed by atoms with Crippen LogP contribution in [-0.4, -0.2) is 16.0 Å². The second-order valence-electron chi connectivity index (χ2n) is 5.95. The number of anilines is 1. The molecule has 0 unspecified atom stereocenters. The van der Waals surface area contributed by atoms with Gasteiger partial charge in [-0.2, -0.15) is 0 Å². The average Bonchev–Trinajstić information content (AvgIpc) is 3.05. The van der Waals surface area contributed by atoms with Gasteiger partial charge in [0.2, 0.25) is 0 Å². The molecular formula is C20H13ClFN3O2. The van der Waals surface area contributed by atoms with E-state index in [4.69, 9.17) is 16.1 Å². The smallest absolute Gasteiger partial charge is 0.259 e. The zero-order valence-electron chi connectivity index (χ0n) is 14.2. The molecular weight excluding hydrogens is 369 g/mol. The molecule has 7 heteroatoms. The number of hydrogen-bond acceptors (Lipinski definition) is 4. The van der Waals surface area contributed by atoms with Crippen molar-refractivity contribution in [2.75, 3.05) is 5.32 Å². The van der Waals surface area contributed by atoms with E-state index in [2.05, 4.69) is 15.5 Å². The Kier molecular flexibility index (Phi) is 4.33. The van der Waals surface area contributed by atoms with Crippen molar-refractivity contribution in [1.29, 1.82) is 0 Å². The van der Waals surface area contributed by atoms with E-state index in [1.165, 1.54) is 12.1 Å². The summed E-state index contributed by atoms with van der Waals surface area (Å²) in [4.78, 5) is 17.4. The number of pyridine rings is 1. The van der Waals surface area contributed by atoms with E-state index in [1.807, 2.05) is 30.3 Å². The van der Waals surface area contributed by atoms with E-state index >= 15 is 0 Å². The van der Waals surface area contributed by atoms with Crippen LogP contribution in [0.3, 0.4) is 0 Å². The molecule has 0 saturated carbocycles. The van der Waals surface area contributed by atoms with E-state index in [0.717, 1.165) is 11.6 Å². The highest BCUT2D eigenvalue weighted by Gasteiger charge is 2.20. The predicted molar refractivity (Wildman–Crippen MR) is 101 cm³/mol. The summed E-state index contributed by atoms with van der Waals surface area (Å²) >= 11 is 6.02. The Morgan fingerprint density at radius 3 is 2.67 bits per heavy atom. The number of hydrogen-bond donors (Lipinski definition) is 1. The lowest BCUT2D eigenvalue weighted by atomic mass is 10.0. The van der Waals surface area contributed by atoms with Gasteiger partial charge < -0.3 is 9.84 Å². The highest BCUT2D eigenvalue weighted by molar-refractivity contribution is 6.34. The minimum atomic E-state index is -0.481. The molecule has 0 fully saturated rings. The number of benzene rings is 2. The number of halogens is 2. The lowest BCUT2D eigenvalue weighted by molar-refractivity contribution is 0.102. The van der Waals surface area contributed by atoms with Gasteiger partial charge in [0.1, 0.15) is 5.82 Å². The zero-order valence-corrected chi connectivity index (χ0v) is 14.9. The first kappa shape index (κ1) is 17.2. The Labute approximate surface area is 158 Å². The van der Waals surface area contributed by atoms with Crippen molar-refractivity contribution in [3.63, 3.8) is 0 Å². The van der Waals surface area contributed by atoms with E-state index < -0.39 is 11.7 Å². The fourth-order valence-corrected chi connectivity index (χ4v) is 3.03. The third-order valence-electron chi connectivity index (χ3n) is 4.11. The summed E-state index contributed by atoms with van der Waals surface area (Å²) in [6, 6.07) is 14.9. The average molecular weight is 382 g/mol. The van der Waals surface area contributed by atoms with Gasteiger partial charge in [-0.25, -0.2) is 9.37 Å². The largest absolute Gasteiger partial charge is 0.335 e. The number of fused-ring (bicyclic) bond motifs is 1.